The molecule has 4 saturated heterocycles. The molecule has 35 heteroatoms. The molecule has 680 valence electrons. The molecule has 5 aliphatic rings. The first kappa shape index (κ1) is 88.5. The van der Waals surface area contributed by atoms with E-state index in [-0.39, 0.29) is 58.0 Å². The van der Waals surface area contributed by atoms with Gasteiger partial charge >= 0.3 is 0 Å². The lowest BCUT2D eigenvalue weighted by atomic mass is 10.1. The van der Waals surface area contributed by atoms with E-state index in [1.54, 1.807) is 89.8 Å². The number of hydrogen-bond donors (Lipinski definition) is 2. The lowest BCUT2D eigenvalue weighted by molar-refractivity contribution is 0.0624. The van der Waals surface area contributed by atoms with Gasteiger partial charge in [0.2, 0.25) is 0 Å². The smallest absolute Gasteiger partial charge is 0.258 e. The van der Waals surface area contributed by atoms with Crippen molar-refractivity contribution in [3.63, 3.8) is 0 Å². The number of aryl methyl sites for hydroxylation is 4. The summed E-state index contributed by atoms with van der Waals surface area (Å²) in [5, 5.41) is 18.1. The van der Waals surface area contributed by atoms with Gasteiger partial charge in [0.1, 0.15) is 22.6 Å². The van der Waals surface area contributed by atoms with E-state index in [4.69, 9.17) is 9.84 Å². The highest BCUT2D eigenvalue weighted by atomic mass is 19.1. The van der Waals surface area contributed by atoms with Crippen LogP contribution in [0.4, 0.5) is 40.3 Å². The molecule has 0 aromatic carbocycles. The maximum Gasteiger partial charge on any atom is 0.258 e. The number of halogens is 4. The van der Waals surface area contributed by atoms with E-state index in [2.05, 4.69) is 121 Å². The van der Waals surface area contributed by atoms with Gasteiger partial charge in [-0.2, -0.15) is 0 Å². The van der Waals surface area contributed by atoms with E-state index in [1.807, 2.05) is 87.2 Å². The van der Waals surface area contributed by atoms with Crippen molar-refractivity contribution >= 4 is 67.9 Å². The summed E-state index contributed by atoms with van der Waals surface area (Å²) in [5.74, 6) is -1.79. The van der Waals surface area contributed by atoms with Gasteiger partial charge in [0.15, 0.2) is 45.9 Å². The number of fused-ring (bicyclic) bond motifs is 8. The predicted molar refractivity (Wildman–Crippen MR) is 498 cm³/mol. The third-order valence-electron chi connectivity index (χ3n) is 25.4. The van der Waals surface area contributed by atoms with Crippen LogP contribution in [0.25, 0.3) is 90.2 Å². The molecule has 1 aliphatic carbocycles. The Bertz CT molecular complexity index is 7060. The first-order valence-corrected chi connectivity index (χ1v) is 44.7. The van der Waals surface area contributed by atoms with Crippen molar-refractivity contribution in [2.75, 3.05) is 138 Å². The Morgan fingerprint density at radius 3 is 0.969 bits per heavy atom. The second kappa shape index (κ2) is 37.0. The van der Waals surface area contributed by atoms with E-state index >= 15 is 0 Å². The Hall–Kier alpha value is -13.2. The number of aliphatic hydroxyl groups excluding tert-OH is 2. The van der Waals surface area contributed by atoms with Gasteiger partial charge in [0.25, 0.3) is 22.2 Å². The topological polar surface area (TPSA) is 282 Å². The van der Waals surface area contributed by atoms with Crippen LogP contribution in [-0.4, -0.2) is 259 Å². The van der Waals surface area contributed by atoms with Gasteiger partial charge in [0, 0.05) is 249 Å². The number of anilines is 4. The molecule has 131 heavy (non-hydrogen) atoms. The number of rotatable bonds is 17. The number of ether oxygens (including phenoxy) is 1. The Labute approximate surface area is 751 Å². The minimum Gasteiger partial charge on any atom is -0.395 e. The number of β-amino-alcohol motifs (C(OH)–C–C–N with tert-alkyl or cyclic N) is 1. The minimum atomic E-state index is -0.457. The molecule has 0 spiro atoms. The molecule has 16 aromatic rings. The fourth-order valence-corrected chi connectivity index (χ4v) is 18.7. The van der Waals surface area contributed by atoms with Crippen molar-refractivity contribution in [2.24, 2.45) is 0 Å². The number of hydrogen-bond acceptors (Lipinski definition) is 23. The highest BCUT2D eigenvalue weighted by Crippen LogP contribution is 2.34. The summed E-state index contributed by atoms with van der Waals surface area (Å²) in [4.78, 5) is 106. The lowest BCUT2D eigenvalue weighted by Crippen LogP contribution is -2.54. The summed E-state index contributed by atoms with van der Waals surface area (Å²) >= 11 is 0. The molecule has 0 unspecified atom stereocenters. The van der Waals surface area contributed by atoms with Crippen molar-refractivity contribution < 1.29 is 32.5 Å². The minimum absolute atomic E-state index is 0.0391. The van der Waals surface area contributed by atoms with Gasteiger partial charge in [-0.05, 0) is 155 Å². The molecule has 4 aliphatic heterocycles. The van der Waals surface area contributed by atoms with Crippen LogP contribution in [0.5, 0.6) is 0 Å². The number of piperazine rings is 4. The average Bonchev–Trinajstić information content (AvgIpc) is 1.75. The number of imidazole rings is 4. The zero-order valence-corrected chi connectivity index (χ0v) is 75.0. The van der Waals surface area contributed by atoms with Gasteiger partial charge in [0.05, 0.1) is 94.7 Å². The van der Waals surface area contributed by atoms with E-state index in [0.717, 1.165) is 125 Å². The molecule has 2 N–H and O–H groups in total. The van der Waals surface area contributed by atoms with Crippen molar-refractivity contribution in [3.8, 4) is 45.0 Å². The summed E-state index contributed by atoms with van der Waals surface area (Å²) in [6, 6.07) is 29.5. The Morgan fingerprint density at radius 2 is 0.672 bits per heavy atom. The van der Waals surface area contributed by atoms with Crippen LogP contribution in [0.2, 0.25) is 0 Å². The normalized spacial score (nSPS) is 18.0. The molecule has 0 bridgehead atoms. The zero-order chi connectivity index (χ0) is 91.5. The number of pyridine rings is 8. The monoisotopic (exact) mass is 1780 g/mol. The molecule has 0 radical (unpaired) electrons. The second-order valence-electron chi connectivity index (χ2n) is 35.3. The van der Waals surface area contributed by atoms with Gasteiger partial charge in [-0.3, -0.25) is 56.4 Å². The highest BCUT2D eigenvalue weighted by Gasteiger charge is 2.36. The molecule has 4 atom stereocenters. The number of aromatic nitrogens is 16. The molecule has 1 saturated carbocycles. The molecular formula is C96H106F4N24O7. The average molecular weight is 1780 g/mol. The quantitative estimate of drug-likeness (QED) is 0.0633. The molecule has 5 fully saturated rings. The highest BCUT2D eigenvalue weighted by molar-refractivity contribution is 5.70. The fraction of sp³-hybridized carbons (Fsp3) is 0.375. The van der Waals surface area contributed by atoms with Crippen molar-refractivity contribution in [2.45, 2.75) is 118 Å². The van der Waals surface area contributed by atoms with Crippen LogP contribution in [0.15, 0.2) is 191 Å². The third kappa shape index (κ3) is 18.7. The number of nitrogens with zero attached hydrogens (tertiary/aromatic N) is 24. The van der Waals surface area contributed by atoms with E-state index in [0.29, 0.717) is 129 Å². The standard InChI is InChI=1S/C25H29FN6O3.C24H25FN6O.C24H27FN6O.C23H25FN6O2/c1-17-13-31-15-19(11-21(26)25(31)27-17)22-12-24(34)32-16-20(3-4-23(32)28-22)30-6-5-29(18(2)14-30)7-9-35-10-8-33;1-15-11-29-13-17(9-20(25)24(29)26-15)21-10-23(32)31-14-19(5-6-22(31)27-21)28-7-8-30(16(2)12-28)18-3-4-18;1-15(2)30-8-7-28(12-17(30)4)19-5-6-22-27-21(10-23(32)31(22)14-19)18-9-20(25)24-26-16(3)11-29(24)13-18;1-15-11-29-13-17(9-19(24)23(29)25-15)20-10-22(32)30-14-18(3-4-21(30)26-20)28-6-5-27(7-8-31)16(2)12-28/h3-4,11-13,15-16,18,33H,5-10,14H2,1-2H3;5-6,9-11,13-14,16,18H,3-4,7-8,12H2,1-2H3;5-6,9-11,13-15,17H,7-8,12H2,1-4H3;3-4,9-11,13-14,16,31H,5-8,12H2,1-2H3/t18-;16-;17-;16-/m0000/s1. The summed E-state index contributed by atoms with van der Waals surface area (Å²) in [6.07, 6.45) is 24.0. The Kier molecular flexibility index (Phi) is 25.0. The first-order chi connectivity index (χ1) is 63.1. The van der Waals surface area contributed by atoms with Crippen LogP contribution >= 0.6 is 0 Å². The van der Waals surface area contributed by atoms with Gasteiger partial charge in [-0.15, -0.1) is 0 Å². The molecule has 20 heterocycles. The summed E-state index contributed by atoms with van der Waals surface area (Å²) in [6.45, 7) is 34.0. The van der Waals surface area contributed by atoms with Crippen LogP contribution in [0, 0.1) is 51.0 Å². The van der Waals surface area contributed by atoms with E-state index < -0.39 is 23.3 Å². The predicted octanol–water partition coefficient (Wildman–Crippen LogP) is 10.4. The Balaban J connectivity index is 0.000000117. The van der Waals surface area contributed by atoms with Crippen LogP contribution in [0.1, 0.15) is 77.2 Å². The molecule has 16 aromatic heterocycles. The van der Waals surface area contributed by atoms with Gasteiger partial charge in [-0.25, -0.2) is 57.4 Å². The Morgan fingerprint density at radius 1 is 0.359 bits per heavy atom. The molecular weight excluding hydrogens is 1680 g/mol. The van der Waals surface area contributed by atoms with Crippen LogP contribution in [0.3, 0.4) is 0 Å². The zero-order valence-electron chi connectivity index (χ0n) is 75.0. The molecule has 21 rings (SSSR count). The summed E-state index contributed by atoms with van der Waals surface area (Å²) < 4.78 is 76.2. The molecule has 31 nitrogen and oxygen atoms in total. The SMILES string of the molecule is Cc1cn2cc(-c3cc(=O)n4cc(N5CCN(C(C)C)[C@@H](C)C5)ccc4n3)cc(F)c2n1.Cc1cn2cc(-c3cc(=O)n4cc(N5CCN(C6CC6)[C@@H](C)C5)ccc4n3)cc(F)c2n1.Cc1cn2cc(-c3cc(=O)n4cc(N5CCN(CCO)[C@@H](C)C5)ccc4n3)cc(F)c2n1.Cc1cn2cc(-c3cc(=O)n4cc(N5CCN(CCOCCO)[C@@H](C)C5)ccc4n3)cc(F)c2n1. The summed E-state index contributed by atoms with van der Waals surface area (Å²) in [5.41, 5.74) is 13.0. The van der Waals surface area contributed by atoms with E-state index in [1.165, 1.54) is 70.2 Å². The second-order valence-corrected chi connectivity index (χ2v) is 35.3. The van der Waals surface area contributed by atoms with Crippen molar-refractivity contribution in [1.82, 2.24) is 94.7 Å². The largest absolute Gasteiger partial charge is 0.395 e. The third-order valence-corrected chi connectivity index (χ3v) is 25.4. The van der Waals surface area contributed by atoms with Crippen LogP contribution < -0.4 is 41.8 Å². The summed E-state index contributed by atoms with van der Waals surface area (Å²) in [7, 11) is 0. The van der Waals surface area contributed by atoms with Gasteiger partial charge < -0.3 is 52.2 Å². The number of aliphatic hydroxyl groups is 2. The van der Waals surface area contributed by atoms with Gasteiger partial charge in [-0.1, -0.05) is 0 Å². The van der Waals surface area contributed by atoms with Crippen molar-refractivity contribution in [1.29, 1.82) is 0 Å². The van der Waals surface area contributed by atoms with Crippen LogP contribution in [-0.2, 0) is 4.74 Å². The first-order valence-electron chi connectivity index (χ1n) is 44.7. The maximum absolute atomic E-state index is 14.6. The maximum atomic E-state index is 14.6. The molecule has 0 amide bonds. The van der Waals surface area contributed by atoms with Crippen molar-refractivity contribution in [3.05, 3.63) is 259 Å². The van der Waals surface area contributed by atoms with E-state index in [9.17, 15) is 41.8 Å². The fourth-order valence-electron chi connectivity index (χ4n) is 18.7. The lowest BCUT2D eigenvalue weighted by Gasteiger charge is -2.43.